The molecule has 108 valence electrons. The second-order valence-electron chi connectivity index (χ2n) is 5.05. The molecule has 0 bridgehead atoms. The fraction of sp³-hybridized carbons (Fsp3) is 0.429. The van der Waals surface area contributed by atoms with Crippen LogP contribution in [0.15, 0.2) is 28.7 Å². The van der Waals surface area contributed by atoms with Crippen LogP contribution in [0.5, 0.6) is 0 Å². The van der Waals surface area contributed by atoms with Gasteiger partial charge in [-0.25, -0.2) is 9.59 Å². The van der Waals surface area contributed by atoms with Crippen molar-refractivity contribution in [1.82, 2.24) is 10.6 Å². The zero-order chi connectivity index (χ0) is 14.7. The first-order valence-electron chi connectivity index (χ1n) is 6.52. The number of carboxylic acid groups (broad SMARTS) is 1. The van der Waals surface area contributed by atoms with E-state index in [-0.39, 0.29) is 12.0 Å². The number of hydrogen-bond acceptors (Lipinski definition) is 2. The van der Waals surface area contributed by atoms with Crippen LogP contribution >= 0.6 is 15.9 Å². The molecule has 0 spiro atoms. The van der Waals surface area contributed by atoms with Gasteiger partial charge in [0.25, 0.3) is 0 Å². The summed E-state index contributed by atoms with van der Waals surface area (Å²) in [4.78, 5) is 22.9. The molecule has 2 unspecified atom stereocenters. The number of nitrogens with one attached hydrogen (secondary N) is 2. The number of halogens is 1. The van der Waals surface area contributed by atoms with Gasteiger partial charge in [-0.15, -0.1) is 0 Å². The highest BCUT2D eigenvalue weighted by molar-refractivity contribution is 9.10. The molecular formula is C14H17BrN2O3. The second kappa shape index (κ2) is 6.26. The topological polar surface area (TPSA) is 78.4 Å². The molecule has 5 nitrogen and oxygen atoms in total. The molecule has 1 aliphatic rings. The van der Waals surface area contributed by atoms with Crippen molar-refractivity contribution in [2.75, 3.05) is 0 Å². The largest absolute Gasteiger partial charge is 0.480 e. The average molecular weight is 341 g/mol. The Morgan fingerprint density at radius 1 is 1.35 bits per heavy atom. The van der Waals surface area contributed by atoms with Gasteiger partial charge in [0, 0.05) is 4.47 Å². The molecule has 0 aliphatic heterocycles. The Hall–Kier alpha value is -1.56. The molecule has 1 aromatic rings. The predicted molar refractivity (Wildman–Crippen MR) is 78.4 cm³/mol. The van der Waals surface area contributed by atoms with Gasteiger partial charge in [-0.05, 0) is 43.4 Å². The lowest BCUT2D eigenvalue weighted by molar-refractivity contribution is -0.139. The molecule has 0 saturated heterocycles. The highest BCUT2D eigenvalue weighted by Gasteiger charge is 2.37. The van der Waals surface area contributed by atoms with Crippen LogP contribution in [-0.2, 0) is 4.79 Å². The number of benzene rings is 1. The minimum atomic E-state index is -0.974. The van der Waals surface area contributed by atoms with Crippen LogP contribution in [0, 0.1) is 5.92 Å². The Morgan fingerprint density at radius 3 is 2.60 bits per heavy atom. The van der Waals surface area contributed by atoms with Crippen LogP contribution < -0.4 is 10.6 Å². The molecule has 1 aliphatic carbocycles. The van der Waals surface area contributed by atoms with Gasteiger partial charge in [-0.2, -0.15) is 0 Å². The number of carbonyl (C=O) groups excluding carboxylic acids is 1. The average Bonchev–Trinajstić information content (AvgIpc) is 3.19. The number of amides is 2. The smallest absolute Gasteiger partial charge is 0.326 e. The summed E-state index contributed by atoms with van der Waals surface area (Å²) >= 11 is 3.38. The molecule has 2 atom stereocenters. The van der Waals surface area contributed by atoms with Gasteiger partial charge in [0.1, 0.15) is 6.04 Å². The fourth-order valence-corrected chi connectivity index (χ4v) is 2.47. The maximum absolute atomic E-state index is 11.9. The van der Waals surface area contributed by atoms with E-state index in [1.54, 1.807) is 0 Å². The number of carboxylic acids is 1. The zero-order valence-corrected chi connectivity index (χ0v) is 12.7. The van der Waals surface area contributed by atoms with Crippen LogP contribution in [0.1, 0.15) is 31.4 Å². The maximum Gasteiger partial charge on any atom is 0.326 e. The van der Waals surface area contributed by atoms with E-state index < -0.39 is 18.0 Å². The van der Waals surface area contributed by atoms with Gasteiger partial charge in [0.2, 0.25) is 0 Å². The van der Waals surface area contributed by atoms with Gasteiger partial charge in [-0.1, -0.05) is 28.1 Å². The first-order chi connectivity index (χ1) is 9.47. The number of carbonyl (C=O) groups is 2. The van der Waals surface area contributed by atoms with Gasteiger partial charge in [-0.3, -0.25) is 0 Å². The van der Waals surface area contributed by atoms with Crippen molar-refractivity contribution in [2.24, 2.45) is 5.92 Å². The van der Waals surface area contributed by atoms with Crippen LogP contribution in [-0.4, -0.2) is 23.1 Å². The quantitative estimate of drug-likeness (QED) is 0.770. The van der Waals surface area contributed by atoms with E-state index in [0.717, 1.165) is 22.9 Å². The SMILES string of the molecule is CC(NC(=O)NC(C(=O)O)C1CC1)c1cccc(Br)c1. The molecule has 0 heterocycles. The Bertz CT molecular complexity index is 517. The lowest BCUT2D eigenvalue weighted by Gasteiger charge is -2.18. The summed E-state index contributed by atoms with van der Waals surface area (Å²) in [5, 5.41) is 14.4. The Labute approximate surface area is 125 Å². The van der Waals surface area contributed by atoms with E-state index in [9.17, 15) is 9.59 Å². The van der Waals surface area contributed by atoms with Gasteiger partial charge < -0.3 is 15.7 Å². The van der Waals surface area contributed by atoms with Crippen LogP contribution in [0.4, 0.5) is 4.79 Å². The molecule has 6 heteroatoms. The minimum absolute atomic E-state index is 0.0689. The third-order valence-corrected chi connectivity index (χ3v) is 3.84. The van der Waals surface area contributed by atoms with E-state index in [0.29, 0.717) is 0 Å². The summed E-state index contributed by atoms with van der Waals surface area (Å²) in [6.45, 7) is 1.86. The Morgan fingerprint density at radius 2 is 2.05 bits per heavy atom. The first kappa shape index (κ1) is 14.8. The van der Waals surface area contributed by atoms with E-state index in [1.807, 2.05) is 31.2 Å². The monoisotopic (exact) mass is 340 g/mol. The highest BCUT2D eigenvalue weighted by atomic mass is 79.9. The molecule has 2 rings (SSSR count). The molecule has 0 aromatic heterocycles. The Kier molecular flexibility index (Phi) is 4.65. The molecule has 1 aromatic carbocycles. The molecule has 20 heavy (non-hydrogen) atoms. The molecule has 2 amide bonds. The third-order valence-electron chi connectivity index (χ3n) is 3.34. The summed E-state index contributed by atoms with van der Waals surface area (Å²) in [7, 11) is 0. The van der Waals surface area contributed by atoms with Crippen molar-refractivity contribution in [2.45, 2.75) is 31.8 Å². The van der Waals surface area contributed by atoms with Gasteiger partial charge in [0.15, 0.2) is 0 Å². The molecule has 3 N–H and O–H groups in total. The number of aliphatic carboxylic acids is 1. The summed E-state index contributed by atoms with van der Waals surface area (Å²) in [5.41, 5.74) is 0.952. The van der Waals surface area contributed by atoms with E-state index in [2.05, 4.69) is 26.6 Å². The van der Waals surface area contributed by atoms with E-state index >= 15 is 0 Å². The fourth-order valence-electron chi connectivity index (χ4n) is 2.05. The molecule has 0 radical (unpaired) electrons. The van der Waals surface area contributed by atoms with E-state index in [1.165, 1.54) is 0 Å². The molecule has 1 saturated carbocycles. The second-order valence-corrected chi connectivity index (χ2v) is 5.96. The highest BCUT2D eigenvalue weighted by Crippen LogP contribution is 2.32. The number of rotatable bonds is 5. The normalized spacial score (nSPS) is 17.1. The maximum atomic E-state index is 11.9. The summed E-state index contributed by atoms with van der Waals surface area (Å²) in [6.07, 6.45) is 1.72. The van der Waals surface area contributed by atoms with Crippen LogP contribution in [0.3, 0.4) is 0 Å². The van der Waals surface area contributed by atoms with Crippen LogP contribution in [0.2, 0.25) is 0 Å². The predicted octanol–water partition coefficient (Wildman–Crippen LogP) is 2.67. The van der Waals surface area contributed by atoms with Gasteiger partial charge >= 0.3 is 12.0 Å². The Balaban J connectivity index is 1.92. The number of hydrogen-bond donors (Lipinski definition) is 3. The van der Waals surface area contributed by atoms with Crippen molar-refractivity contribution in [3.63, 3.8) is 0 Å². The van der Waals surface area contributed by atoms with Crippen molar-refractivity contribution in [1.29, 1.82) is 0 Å². The van der Waals surface area contributed by atoms with Crippen molar-refractivity contribution < 1.29 is 14.7 Å². The zero-order valence-electron chi connectivity index (χ0n) is 11.1. The van der Waals surface area contributed by atoms with Crippen molar-refractivity contribution >= 4 is 27.9 Å². The third kappa shape index (κ3) is 3.96. The van der Waals surface area contributed by atoms with Crippen LogP contribution in [0.25, 0.3) is 0 Å². The summed E-state index contributed by atoms with van der Waals surface area (Å²) in [5.74, 6) is -0.905. The number of urea groups is 1. The first-order valence-corrected chi connectivity index (χ1v) is 7.32. The summed E-state index contributed by atoms with van der Waals surface area (Å²) < 4.78 is 0.936. The lowest BCUT2D eigenvalue weighted by atomic mass is 10.1. The molecule has 1 fully saturated rings. The van der Waals surface area contributed by atoms with Crippen molar-refractivity contribution in [3.8, 4) is 0 Å². The standard InChI is InChI=1S/C14H17BrN2O3/c1-8(10-3-2-4-11(15)7-10)16-14(20)17-12(13(18)19)9-5-6-9/h2-4,7-9,12H,5-6H2,1H3,(H,18,19)(H2,16,17,20). The molecular weight excluding hydrogens is 324 g/mol. The van der Waals surface area contributed by atoms with Crippen molar-refractivity contribution in [3.05, 3.63) is 34.3 Å². The van der Waals surface area contributed by atoms with Gasteiger partial charge in [0.05, 0.1) is 6.04 Å². The van der Waals surface area contributed by atoms with E-state index in [4.69, 9.17) is 5.11 Å². The minimum Gasteiger partial charge on any atom is -0.480 e. The summed E-state index contributed by atoms with van der Waals surface area (Å²) in [6, 6.07) is 6.19. The lowest BCUT2D eigenvalue weighted by Crippen LogP contribution is -2.47.